The monoisotopic (exact) mass is 470 g/mol. The van der Waals surface area contributed by atoms with E-state index in [2.05, 4.69) is 37.2 Å². The molecule has 1 amide bonds. The Kier molecular flexibility index (Phi) is 6.16. The fraction of sp³-hybridized carbons (Fsp3) is 0.0625. The van der Waals surface area contributed by atoms with Crippen LogP contribution in [0.15, 0.2) is 45.4 Å². The number of amides is 1. The van der Waals surface area contributed by atoms with Gasteiger partial charge in [-0.05, 0) is 40.2 Å². The fourth-order valence-corrected chi connectivity index (χ4v) is 3.42. The van der Waals surface area contributed by atoms with Crippen LogP contribution < -0.4 is 10.1 Å². The average molecular weight is 472 g/mol. The minimum Gasteiger partial charge on any atom is -0.506 e. The Labute approximate surface area is 159 Å². The van der Waals surface area contributed by atoms with Crippen LogP contribution >= 0.6 is 31.9 Å². The molecule has 0 aromatic heterocycles. The third kappa shape index (κ3) is 4.80. The number of carbonyl (C=O) groups excluding carboxylic acids is 1. The molecule has 2 aromatic rings. The van der Waals surface area contributed by atoms with Gasteiger partial charge < -0.3 is 15.2 Å². The Morgan fingerprint density at radius 1 is 1.32 bits per heavy atom. The lowest BCUT2D eigenvalue weighted by Crippen LogP contribution is -2.08. The number of phenols is 1. The summed E-state index contributed by atoms with van der Waals surface area (Å²) in [6, 6.07) is 6.93. The van der Waals surface area contributed by atoms with E-state index >= 15 is 0 Å². The van der Waals surface area contributed by atoms with E-state index in [4.69, 9.17) is 4.74 Å². The number of nitro benzene ring substituents is 1. The number of benzene rings is 2. The zero-order chi connectivity index (χ0) is 18.6. The van der Waals surface area contributed by atoms with E-state index < -0.39 is 10.8 Å². The number of aromatic hydroxyl groups is 1. The number of nitrogens with one attached hydrogen (secondary N) is 1. The number of non-ortho nitro benzene ring substituents is 1. The average Bonchev–Trinajstić information content (AvgIpc) is 2.54. The van der Waals surface area contributed by atoms with Gasteiger partial charge in [0.25, 0.3) is 5.69 Å². The molecule has 2 aromatic carbocycles. The summed E-state index contributed by atoms with van der Waals surface area (Å²) < 4.78 is 6.77. The Morgan fingerprint density at radius 3 is 2.68 bits per heavy atom. The molecular formula is C16H12Br2N2O5. The van der Waals surface area contributed by atoms with Gasteiger partial charge in [-0.1, -0.05) is 15.9 Å². The number of ether oxygens (including phenoxy) is 1. The molecule has 0 aliphatic carbocycles. The molecule has 0 atom stereocenters. The number of methoxy groups -OCH3 is 1. The van der Waals surface area contributed by atoms with Crippen molar-refractivity contribution in [3.05, 3.63) is 61.0 Å². The number of anilines is 1. The molecular weight excluding hydrogens is 460 g/mol. The molecule has 2 N–H and O–H groups in total. The van der Waals surface area contributed by atoms with Crippen LogP contribution in [-0.2, 0) is 4.79 Å². The highest BCUT2D eigenvalue weighted by molar-refractivity contribution is 9.11. The Morgan fingerprint density at radius 2 is 2.04 bits per heavy atom. The van der Waals surface area contributed by atoms with E-state index in [1.807, 2.05) is 0 Å². The summed E-state index contributed by atoms with van der Waals surface area (Å²) in [4.78, 5) is 22.2. The maximum atomic E-state index is 12.0. The second-order valence-corrected chi connectivity index (χ2v) is 6.56. The normalized spacial score (nSPS) is 10.7. The molecule has 0 spiro atoms. The smallest absolute Gasteiger partial charge is 0.271 e. The van der Waals surface area contributed by atoms with Crippen LogP contribution in [0.25, 0.3) is 6.08 Å². The van der Waals surface area contributed by atoms with Gasteiger partial charge in [0.2, 0.25) is 5.91 Å². The first kappa shape index (κ1) is 18.9. The van der Waals surface area contributed by atoms with Gasteiger partial charge in [0.15, 0.2) is 0 Å². The summed E-state index contributed by atoms with van der Waals surface area (Å²) in [6.07, 6.45) is 2.76. The van der Waals surface area contributed by atoms with Crippen LogP contribution in [0, 0.1) is 10.1 Å². The van der Waals surface area contributed by atoms with Crippen LogP contribution in [0.5, 0.6) is 11.5 Å². The first-order valence-corrected chi connectivity index (χ1v) is 8.40. The van der Waals surface area contributed by atoms with Gasteiger partial charge in [0.1, 0.15) is 11.5 Å². The number of nitro groups is 1. The van der Waals surface area contributed by atoms with E-state index in [-0.39, 0.29) is 17.1 Å². The summed E-state index contributed by atoms with van der Waals surface area (Å²) in [5.41, 5.74) is 0.350. The number of halogens is 2. The lowest BCUT2D eigenvalue weighted by molar-refractivity contribution is -0.384. The van der Waals surface area contributed by atoms with Gasteiger partial charge in [-0.25, -0.2) is 0 Å². The summed E-state index contributed by atoms with van der Waals surface area (Å²) in [5, 5.41) is 22.9. The number of carbonyl (C=O) groups is 1. The third-order valence-corrected chi connectivity index (χ3v) is 4.15. The molecule has 0 heterocycles. The van der Waals surface area contributed by atoms with E-state index in [0.717, 1.165) is 22.7 Å². The molecule has 0 saturated carbocycles. The van der Waals surface area contributed by atoms with Gasteiger partial charge >= 0.3 is 0 Å². The minimum absolute atomic E-state index is 0.0498. The van der Waals surface area contributed by atoms with Crippen LogP contribution in [-0.4, -0.2) is 23.0 Å². The highest BCUT2D eigenvalue weighted by Gasteiger charge is 2.12. The second kappa shape index (κ2) is 8.13. The zero-order valence-electron chi connectivity index (χ0n) is 12.8. The molecule has 7 nitrogen and oxygen atoms in total. The number of phenolic OH excluding ortho intramolecular Hbond substituents is 1. The molecule has 2 rings (SSSR count). The van der Waals surface area contributed by atoms with E-state index in [9.17, 15) is 20.0 Å². The second-order valence-electron chi connectivity index (χ2n) is 4.79. The predicted octanol–water partition coefficient (Wildman–Crippen LogP) is 4.49. The van der Waals surface area contributed by atoms with E-state index in [1.165, 1.54) is 19.3 Å². The Bertz CT molecular complexity index is 868. The zero-order valence-corrected chi connectivity index (χ0v) is 16.0. The number of hydrogen-bond donors (Lipinski definition) is 2. The molecule has 0 saturated heterocycles. The molecule has 9 heteroatoms. The Balaban J connectivity index is 2.22. The number of rotatable bonds is 5. The van der Waals surface area contributed by atoms with Crippen molar-refractivity contribution in [2.24, 2.45) is 0 Å². The van der Waals surface area contributed by atoms with Crippen LogP contribution in [0.3, 0.4) is 0 Å². The van der Waals surface area contributed by atoms with Gasteiger partial charge in [0, 0.05) is 28.2 Å². The quantitative estimate of drug-likeness (QED) is 0.289. The van der Waals surface area contributed by atoms with Crippen LogP contribution in [0.2, 0.25) is 0 Å². The van der Waals surface area contributed by atoms with Crippen molar-refractivity contribution in [3.8, 4) is 11.5 Å². The maximum absolute atomic E-state index is 12.0. The minimum atomic E-state index is -0.616. The Hall–Kier alpha value is -2.39. The summed E-state index contributed by atoms with van der Waals surface area (Å²) in [6.45, 7) is 0. The standard InChI is InChI=1S/C16H12Br2N2O5/c1-25-16-9(6-10(17)7-12(16)18)2-5-15(22)19-13-8-11(20(23)24)3-4-14(13)21/h2-8,21H,1H3,(H,19,22)/b5-2+. The SMILES string of the molecule is COc1c(Br)cc(Br)cc1/C=C/C(=O)Nc1cc([N+](=O)[O-])ccc1O. The largest absolute Gasteiger partial charge is 0.506 e. The van der Waals surface area contributed by atoms with Crippen molar-refractivity contribution in [2.45, 2.75) is 0 Å². The van der Waals surface area contributed by atoms with Crippen molar-refractivity contribution in [1.82, 2.24) is 0 Å². The lowest BCUT2D eigenvalue weighted by Gasteiger charge is -2.08. The van der Waals surface area contributed by atoms with Gasteiger partial charge in [-0.3, -0.25) is 14.9 Å². The van der Waals surface area contributed by atoms with E-state index in [1.54, 1.807) is 12.1 Å². The summed E-state index contributed by atoms with van der Waals surface area (Å²) in [7, 11) is 1.51. The van der Waals surface area contributed by atoms with Crippen LogP contribution in [0.1, 0.15) is 5.56 Å². The fourth-order valence-electron chi connectivity index (χ4n) is 2.00. The predicted molar refractivity (Wildman–Crippen MR) is 101 cm³/mol. The summed E-state index contributed by atoms with van der Waals surface area (Å²) in [5.74, 6) is -0.283. The molecule has 130 valence electrons. The summed E-state index contributed by atoms with van der Waals surface area (Å²) >= 11 is 6.71. The third-order valence-electron chi connectivity index (χ3n) is 3.10. The molecule has 25 heavy (non-hydrogen) atoms. The molecule has 0 radical (unpaired) electrons. The van der Waals surface area contributed by atoms with Crippen molar-refractivity contribution in [3.63, 3.8) is 0 Å². The van der Waals surface area contributed by atoms with Crippen molar-refractivity contribution < 1.29 is 19.6 Å². The highest BCUT2D eigenvalue weighted by Crippen LogP contribution is 2.33. The topological polar surface area (TPSA) is 102 Å². The molecule has 0 aliphatic rings. The number of hydrogen-bond acceptors (Lipinski definition) is 5. The van der Waals surface area contributed by atoms with Crippen molar-refractivity contribution >= 4 is 55.2 Å². The van der Waals surface area contributed by atoms with Gasteiger partial charge in [-0.15, -0.1) is 0 Å². The molecule has 0 fully saturated rings. The van der Waals surface area contributed by atoms with Gasteiger partial charge in [0.05, 0.1) is 22.2 Å². The highest BCUT2D eigenvalue weighted by atomic mass is 79.9. The van der Waals surface area contributed by atoms with E-state index in [0.29, 0.717) is 15.8 Å². The van der Waals surface area contributed by atoms with Crippen molar-refractivity contribution in [1.29, 1.82) is 0 Å². The molecule has 0 bridgehead atoms. The molecule has 0 unspecified atom stereocenters. The first-order chi connectivity index (χ1) is 11.8. The van der Waals surface area contributed by atoms with Crippen molar-refractivity contribution in [2.75, 3.05) is 12.4 Å². The van der Waals surface area contributed by atoms with Gasteiger partial charge in [-0.2, -0.15) is 0 Å². The first-order valence-electron chi connectivity index (χ1n) is 6.81. The number of nitrogens with zero attached hydrogens (tertiary/aromatic N) is 1. The van der Waals surface area contributed by atoms with Crippen LogP contribution in [0.4, 0.5) is 11.4 Å². The molecule has 0 aliphatic heterocycles. The lowest BCUT2D eigenvalue weighted by atomic mass is 10.2. The maximum Gasteiger partial charge on any atom is 0.271 e.